The molecule has 0 fully saturated rings. The highest BCUT2D eigenvalue weighted by Crippen LogP contribution is 2.31. The monoisotopic (exact) mass is 438 g/mol. The van der Waals surface area contributed by atoms with Crippen molar-refractivity contribution in [3.8, 4) is 5.82 Å². The standard InChI is InChI=1S/C20H19ClN8O2/c1-11-8-13(9-23-19(11)29-24-6-7-25-29)26-20(30)27-15-10-22-14-4-5-16(21)28-18(14)17(15)12(2)31-3/h4-10,12H,1-3H3,(H2,26,27,30). The first-order valence-corrected chi connectivity index (χ1v) is 9.73. The molecule has 0 spiro atoms. The smallest absolute Gasteiger partial charge is 0.323 e. The number of anilines is 2. The predicted molar refractivity (Wildman–Crippen MR) is 117 cm³/mol. The number of carbonyl (C=O) groups is 1. The average molecular weight is 439 g/mol. The van der Waals surface area contributed by atoms with Gasteiger partial charge in [0.15, 0.2) is 5.82 Å². The van der Waals surface area contributed by atoms with E-state index in [0.29, 0.717) is 38.9 Å². The molecular weight excluding hydrogens is 420 g/mol. The number of pyridine rings is 3. The topological polar surface area (TPSA) is 120 Å². The molecule has 0 aromatic carbocycles. The first kappa shape index (κ1) is 20.6. The molecule has 0 saturated heterocycles. The maximum Gasteiger partial charge on any atom is 0.323 e. The fourth-order valence-corrected chi connectivity index (χ4v) is 3.29. The van der Waals surface area contributed by atoms with Gasteiger partial charge < -0.3 is 15.4 Å². The summed E-state index contributed by atoms with van der Waals surface area (Å²) in [5, 5.41) is 14.0. The molecule has 158 valence electrons. The Labute approximate surface area is 182 Å². The number of hydrogen-bond donors (Lipinski definition) is 2. The molecule has 2 amide bonds. The van der Waals surface area contributed by atoms with Gasteiger partial charge in [0.25, 0.3) is 0 Å². The molecule has 4 rings (SSSR count). The number of amides is 2. The number of methoxy groups -OCH3 is 1. The minimum Gasteiger partial charge on any atom is -0.377 e. The quantitative estimate of drug-likeness (QED) is 0.453. The number of nitrogens with zero attached hydrogens (tertiary/aromatic N) is 6. The first-order valence-electron chi connectivity index (χ1n) is 9.35. The van der Waals surface area contributed by atoms with E-state index in [2.05, 4.69) is 35.8 Å². The van der Waals surface area contributed by atoms with Crippen molar-refractivity contribution in [3.63, 3.8) is 0 Å². The largest absolute Gasteiger partial charge is 0.377 e. The molecule has 4 aromatic heterocycles. The molecule has 0 aliphatic rings. The van der Waals surface area contributed by atoms with Gasteiger partial charge in [0.05, 0.1) is 53.3 Å². The minimum absolute atomic E-state index is 0.328. The number of rotatable bonds is 5. The van der Waals surface area contributed by atoms with E-state index in [4.69, 9.17) is 16.3 Å². The second-order valence-electron chi connectivity index (χ2n) is 6.73. The third-order valence-corrected chi connectivity index (χ3v) is 4.85. The van der Waals surface area contributed by atoms with Crippen molar-refractivity contribution in [1.29, 1.82) is 0 Å². The van der Waals surface area contributed by atoms with Crippen LogP contribution in [0.5, 0.6) is 0 Å². The number of aromatic nitrogens is 6. The molecule has 0 aliphatic heterocycles. The summed E-state index contributed by atoms with van der Waals surface area (Å²) in [6.45, 7) is 3.71. The minimum atomic E-state index is -0.459. The van der Waals surface area contributed by atoms with Crippen molar-refractivity contribution in [1.82, 2.24) is 29.9 Å². The number of carbonyl (C=O) groups excluding carboxylic acids is 1. The lowest BCUT2D eigenvalue weighted by atomic mass is 10.1. The molecule has 31 heavy (non-hydrogen) atoms. The summed E-state index contributed by atoms with van der Waals surface area (Å²) in [4.78, 5) is 27.2. The molecule has 0 aliphatic carbocycles. The van der Waals surface area contributed by atoms with Crippen LogP contribution in [0, 0.1) is 6.92 Å². The summed E-state index contributed by atoms with van der Waals surface area (Å²) in [5.41, 5.74) is 3.68. The van der Waals surface area contributed by atoms with Gasteiger partial charge in [0.1, 0.15) is 5.15 Å². The zero-order valence-electron chi connectivity index (χ0n) is 17.0. The number of hydrogen-bond acceptors (Lipinski definition) is 7. The van der Waals surface area contributed by atoms with Crippen molar-refractivity contribution < 1.29 is 9.53 Å². The van der Waals surface area contributed by atoms with Gasteiger partial charge in [-0.1, -0.05) is 11.6 Å². The van der Waals surface area contributed by atoms with Gasteiger partial charge in [-0.05, 0) is 37.6 Å². The van der Waals surface area contributed by atoms with Crippen LogP contribution >= 0.6 is 11.6 Å². The van der Waals surface area contributed by atoms with Gasteiger partial charge in [0, 0.05) is 12.7 Å². The second kappa shape index (κ2) is 8.62. The fraction of sp³-hybridized carbons (Fsp3) is 0.200. The maximum atomic E-state index is 12.7. The first-order chi connectivity index (χ1) is 15.0. The van der Waals surface area contributed by atoms with Crippen molar-refractivity contribution >= 4 is 40.0 Å². The normalized spacial score (nSPS) is 12.0. The Morgan fingerprint density at radius 1 is 1.16 bits per heavy atom. The van der Waals surface area contributed by atoms with Crippen LogP contribution in [0.15, 0.2) is 43.0 Å². The molecule has 1 atom stereocenters. The molecule has 1 unspecified atom stereocenters. The van der Waals surface area contributed by atoms with Gasteiger partial charge in [-0.15, -0.1) is 4.80 Å². The predicted octanol–water partition coefficient (Wildman–Crippen LogP) is 3.92. The number of ether oxygens (including phenoxy) is 1. The summed E-state index contributed by atoms with van der Waals surface area (Å²) in [7, 11) is 1.58. The van der Waals surface area contributed by atoms with Gasteiger partial charge >= 0.3 is 6.03 Å². The third kappa shape index (κ3) is 4.30. The Balaban J connectivity index is 1.59. The van der Waals surface area contributed by atoms with Gasteiger partial charge in [-0.3, -0.25) is 4.98 Å². The SMILES string of the molecule is COC(C)c1c(NC(=O)Nc2cnc(-n3nccn3)c(C)c2)cnc2ccc(Cl)nc12. The molecule has 11 heteroatoms. The molecule has 0 radical (unpaired) electrons. The lowest BCUT2D eigenvalue weighted by Crippen LogP contribution is -2.21. The number of aryl methyl sites for hydroxylation is 1. The highest BCUT2D eigenvalue weighted by Gasteiger charge is 2.19. The van der Waals surface area contributed by atoms with Gasteiger partial charge in [-0.2, -0.15) is 10.2 Å². The van der Waals surface area contributed by atoms with E-state index in [1.807, 2.05) is 13.8 Å². The summed E-state index contributed by atoms with van der Waals surface area (Å²) < 4.78 is 5.48. The number of nitrogens with one attached hydrogen (secondary N) is 2. The Hall–Kier alpha value is -3.63. The van der Waals surface area contributed by atoms with Crippen molar-refractivity contribution in [2.24, 2.45) is 0 Å². The van der Waals surface area contributed by atoms with Gasteiger partial charge in [0.2, 0.25) is 0 Å². The van der Waals surface area contributed by atoms with E-state index in [1.165, 1.54) is 11.0 Å². The molecule has 4 heterocycles. The number of fused-ring (bicyclic) bond motifs is 1. The summed E-state index contributed by atoms with van der Waals surface area (Å²) >= 11 is 6.07. The lowest BCUT2D eigenvalue weighted by Gasteiger charge is -2.18. The van der Waals surface area contributed by atoms with Crippen LogP contribution in [-0.4, -0.2) is 43.1 Å². The van der Waals surface area contributed by atoms with E-state index in [9.17, 15) is 4.79 Å². The Morgan fingerprint density at radius 3 is 2.65 bits per heavy atom. The molecule has 2 N–H and O–H groups in total. The summed E-state index contributed by atoms with van der Waals surface area (Å²) in [5.74, 6) is 0.578. The fourth-order valence-electron chi connectivity index (χ4n) is 3.15. The molecule has 10 nitrogen and oxygen atoms in total. The zero-order chi connectivity index (χ0) is 22.0. The Bertz CT molecular complexity index is 1250. The third-order valence-electron chi connectivity index (χ3n) is 4.64. The molecule has 4 aromatic rings. The van der Waals surface area contributed by atoms with Crippen LogP contribution in [0.2, 0.25) is 5.15 Å². The van der Waals surface area contributed by atoms with Crippen LogP contribution in [0.3, 0.4) is 0 Å². The van der Waals surface area contributed by atoms with Crippen LogP contribution < -0.4 is 10.6 Å². The van der Waals surface area contributed by atoms with E-state index >= 15 is 0 Å². The van der Waals surface area contributed by atoms with E-state index < -0.39 is 6.03 Å². The van der Waals surface area contributed by atoms with Crippen LogP contribution in [-0.2, 0) is 4.74 Å². The molecular formula is C20H19ClN8O2. The van der Waals surface area contributed by atoms with Crippen molar-refractivity contribution in [2.75, 3.05) is 17.7 Å². The molecule has 0 saturated carbocycles. The maximum absolute atomic E-state index is 12.7. The van der Waals surface area contributed by atoms with Gasteiger partial charge in [-0.25, -0.2) is 14.8 Å². The van der Waals surface area contributed by atoms with Crippen molar-refractivity contribution in [2.45, 2.75) is 20.0 Å². The lowest BCUT2D eigenvalue weighted by molar-refractivity contribution is 0.121. The van der Waals surface area contributed by atoms with E-state index in [-0.39, 0.29) is 6.10 Å². The Morgan fingerprint density at radius 2 is 1.94 bits per heavy atom. The zero-order valence-corrected chi connectivity index (χ0v) is 17.8. The summed E-state index contributed by atoms with van der Waals surface area (Å²) in [6.07, 6.45) is 5.89. The summed E-state index contributed by atoms with van der Waals surface area (Å²) in [6, 6.07) is 4.75. The highest BCUT2D eigenvalue weighted by molar-refractivity contribution is 6.29. The van der Waals surface area contributed by atoms with Crippen LogP contribution in [0.1, 0.15) is 24.2 Å². The highest BCUT2D eigenvalue weighted by atomic mass is 35.5. The van der Waals surface area contributed by atoms with E-state index in [1.54, 1.807) is 43.9 Å². The Kier molecular flexibility index (Phi) is 5.74. The molecule has 0 bridgehead atoms. The number of halogens is 1. The van der Waals surface area contributed by atoms with Crippen molar-refractivity contribution in [3.05, 3.63) is 59.3 Å². The number of urea groups is 1. The van der Waals surface area contributed by atoms with Crippen LogP contribution in [0.4, 0.5) is 16.2 Å². The average Bonchev–Trinajstić information content (AvgIpc) is 3.27. The van der Waals surface area contributed by atoms with E-state index in [0.717, 1.165) is 5.56 Å². The second-order valence-corrected chi connectivity index (χ2v) is 7.11. The van der Waals surface area contributed by atoms with Crippen LogP contribution in [0.25, 0.3) is 16.9 Å².